The standard InChI is InChI=1S/C26H29N3/c1-3-5-17-29(18-6-4-2)26-24(20-27)23(21-13-9-7-10-14-21)19-25(28-26)22-15-11-8-12-16-22/h7-16,19H,3-6,17-18H2,1-2H3. The highest BCUT2D eigenvalue weighted by atomic mass is 15.2. The van der Waals surface area contributed by atoms with Gasteiger partial charge in [-0.05, 0) is 24.5 Å². The Balaban J connectivity index is 2.20. The number of benzene rings is 2. The maximum atomic E-state index is 10.1. The van der Waals surface area contributed by atoms with Gasteiger partial charge in [-0.25, -0.2) is 4.98 Å². The first-order valence-corrected chi connectivity index (χ1v) is 10.6. The van der Waals surface area contributed by atoms with Crippen molar-refractivity contribution in [2.45, 2.75) is 39.5 Å². The van der Waals surface area contributed by atoms with Crippen LogP contribution >= 0.6 is 0 Å². The zero-order valence-corrected chi connectivity index (χ0v) is 17.4. The minimum atomic E-state index is 0.670. The molecule has 3 heteroatoms. The lowest BCUT2D eigenvalue weighted by atomic mass is 9.98. The predicted octanol–water partition coefficient (Wildman–Crippen LogP) is 6.69. The van der Waals surface area contributed by atoms with Gasteiger partial charge < -0.3 is 4.90 Å². The average Bonchev–Trinajstić information content (AvgIpc) is 2.79. The minimum absolute atomic E-state index is 0.670. The Bertz CT molecular complexity index is 935. The predicted molar refractivity (Wildman–Crippen MR) is 122 cm³/mol. The van der Waals surface area contributed by atoms with Gasteiger partial charge in [-0.2, -0.15) is 5.26 Å². The highest BCUT2D eigenvalue weighted by Gasteiger charge is 2.19. The van der Waals surface area contributed by atoms with Gasteiger partial charge in [0.1, 0.15) is 17.5 Å². The molecule has 0 N–H and O–H groups in total. The van der Waals surface area contributed by atoms with Crippen LogP contribution in [0.1, 0.15) is 45.1 Å². The normalized spacial score (nSPS) is 10.5. The Hall–Kier alpha value is -3.12. The van der Waals surface area contributed by atoms with Gasteiger partial charge in [0.05, 0.1) is 5.69 Å². The van der Waals surface area contributed by atoms with Crippen molar-refractivity contribution in [3.63, 3.8) is 0 Å². The maximum absolute atomic E-state index is 10.1. The SMILES string of the molecule is CCCCN(CCCC)c1nc(-c2ccccc2)cc(-c2ccccc2)c1C#N. The molecule has 0 unspecified atom stereocenters. The van der Waals surface area contributed by atoms with Crippen molar-refractivity contribution in [2.24, 2.45) is 0 Å². The van der Waals surface area contributed by atoms with Crippen molar-refractivity contribution in [3.05, 3.63) is 72.3 Å². The van der Waals surface area contributed by atoms with Crippen molar-refractivity contribution in [1.82, 2.24) is 4.98 Å². The van der Waals surface area contributed by atoms with Crippen molar-refractivity contribution < 1.29 is 0 Å². The Morgan fingerprint density at radius 1 is 0.828 bits per heavy atom. The fourth-order valence-corrected chi connectivity index (χ4v) is 3.49. The third-order valence-corrected chi connectivity index (χ3v) is 5.13. The summed E-state index contributed by atoms with van der Waals surface area (Å²) >= 11 is 0. The van der Waals surface area contributed by atoms with Gasteiger partial charge in [-0.3, -0.25) is 0 Å². The Morgan fingerprint density at radius 2 is 1.38 bits per heavy atom. The number of unbranched alkanes of at least 4 members (excludes halogenated alkanes) is 2. The molecule has 29 heavy (non-hydrogen) atoms. The first-order valence-electron chi connectivity index (χ1n) is 10.6. The van der Waals surface area contributed by atoms with E-state index in [1.54, 1.807) is 0 Å². The van der Waals surface area contributed by atoms with E-state index in [1.807, 2.05) is 36.4 Å². The van der Waals surface area contributed by atoms with E-state index in [9.17, 15) is 5.26 Å². The number of pyridine rings is 1. The van der Waals surface area contributed by atoms with Gasteiger partial charge in [-0.15, -0.1) is 0 Å². The third kappa shape index (κ3) is 5.03. The lowest BCUT2D eigenvalue weighted by Crippen LogP contribution is -2.27. The summed E-state index contributed by atoms with van der Waals surface area (Å²) in [5.41, 5.74) is 4.66. The number of rotatable bonds is 9. The lowest BCUT2D eigenvalue weighted by molar-refractivity contribution is 0.671. The molecule has 0 atom stereocenters. The molecule has 0 amide bonds. The van der Waals surface area contributed by atoms with Gasteiger partial charge >= 0.3 is 0 Å². The number of anilines is 1. The summed E-state index contributed by atoms with van der Waals surface area (Å²) in [6.07, 6.45) is 4.42. The molecular weight excluding hydrogens is 354 g/mol. The van der Waals surface area contributed by atoms with Crippen molar-refractivity contribution in [3.8, 4) is 28.5 Å². The van der Waals surface area contributed by atoms with Gasteiger partial charge in [0.25, 0.3) is 0 Å². The van der Waals surface area contributed by atoms with Crippen LogP contribution in [0.15, 0.2) is 66.7 Å². The molecule has 0 aliphatic carbocycles. The molecule has 0 fully saturated rings. The molecular formula is C26H29N3. The van der Waals surface area contributed by atoms with Crippen LogP contribution in [0.3, 0.4) is 0 Å². The molecule has 0 radical (unpaired) electrons. The summed E-state index contributed by atoms with van der Waals surface area (Å²) in [7, 11) is 0. The topological polar surface area (TPSA) is 39.9 Å². The van der Waals surface area contributed by atoms with E-state index in [-0.39, 0.29) is 0 Å². The molecule has 0 saturated carbocycles. The number of hydrogen-bond acceptors (Lipinski definition) is 3. The minimum Gasteiger partial charge on any atom is -0.355 e. The van der Waals surface area contributed by atoms with Crippen molar-refractivity contribution in [1.29, 1.82) is 5.26 Å². The highest BCUT2D eigenvalue weighted by molar-refractivity contribution is 5.81. The Labute approximate surface area is 174 Å². The molecule has 3 rings (SSSR count). The summed E-state index contributed by atoms with van der Waals surface area (Å²) in [5, 5.41) is 10.1. The second-order valence-electron chi connectivity index (χ2n) is 7.29. The molecule has 3 nitrogen and oxygen atoms in total. The van der Waals surface area contributed by atoms with Gasteiger partial charge in [0, 0.05) is 24.2 Å². The molecule has 0 spiro atoms. The fraction of sp³-hybridized carbons (Fsp3) is 0.308. The highest BCUT2D eigenvalue weighted by Crippen LogP contribution is 2.34. The van der Waals surface area contributed by atoms with Crippen LogP contribution < -0.4 is 4.90 Å². The lowest BCUT2D eigenvalue weighted by Gasteiger charge is -2.26. The van der Waals surface area contributed by atoms with Crippen molar-refractivity contribution in [2.75, 3.05) is 18.0 Å². The van der Waals surface area contributed by atoms with Crippen LogP contribution in [0.2, 0.25) is 0 Å². The van der Waals surface area contributed by atoms with Crippen LogP contribution in [0, 0.1) is 11.3 Å². The van der Waals surface area contributed by atoms with Crippen LogP contribution in [0.25, 0.3) is 22.4 Å². The molecule has 0 saturated heterocycles. The largest absolute Gasteiger partial charge is 0.355 e. The second-order valence-corrected chi connectivity index (χ2v) is 7.29. The number of nitrogens with zero attached hydrogens (tertiary/aromatic N) is 3. The zero-order valence-electron chi connectivity index (χ0n) is 17.4. The van der Waals surface area contributed by atoms with Crippen LogP contribution in [0.4, 0.5) is 5.82 Å². The molecule has 0 aliphatic heterocycles. The fourth-order valence-electron chi connectivity index (χ4n) is 3.49. The van der Waals surface area contributed by atoms with Gasteiger partial charge in [0.15, 0.2) is 0 Å². The molecule has 1 aromatic heterocycles. The second kappa shape index (κ2) is 10.4. The monoisotopic (exact) mass is 383 g/mol. The smallest absolute Gasteiger partial charge is 0.147 e. The summed E-state index contributed by atoms with van der Waals surface area (Å²) in [4.78, 5) is 7.32. The molecule has 2 aromatic carbocycles. The summed E-state index contributed by atoms with van der Waals surface area (Å²) < 4.78 is 0. The van der Waals surface area contributed by atoms with Crippen LogP contribution in [-0.2, 0) is 0 Å². The van der Waals surface area contributed by atoms with Crippen molar-refractivity contribution >= 4 is 5.82 Å². The zero-order chi connectivity index (χ0) is 20.5. The van der Waals surface area contributed by atoms with E-state index in [4.69, 9.17) is 4.98 Å². The van der Waals surface area contributed by atoms with Gasteiger partial charge in [0.2, 0.25) is 0 Å². The first kappa shape index (κ1) is 20.6. The van der Waals surface area contributed by atoms with E-state index < -0.39 is 0 Å². The maximum Gasteiger partial charge on any atom is 0.147 e. The van der Waals surface area contributed by atoms with E-state index >= 15 is 0 Å². The van der Waals surface area contributed by atoms with E-state index in [2.05, 4.69) is 55.1 Å². The quantitative estimate of drug-likeness (QED) is 0.413. The average molecular weight is 384 g/mol. The summed E-state index contributed by atoms with van der Waals surface area (Å²) in [6.45, 7) is 6.24. The van der Waals surface area contributed by atoms with Gasteiger partial charge in [-0.1, -0.05) is 87.4 Å². The van der Waals surface area contributed by atoms with Crippen LogP contribution in [-0.4, -0.2) is 18.1 Å². The Kier molecular flexibility index (Phi) is 7.41. The molecule has 3 aromatic rings. The van der Waals surface area contributed by atoms with E-state index in [0.717, 1.165) is 67.0 Å². The third-order valence-electron chi connectivity index (χ3n) is 5.13. The molecule has 0 aliphatic rings. The molecule has 148 valence electrons. The summed E-state index contributed by atoms with van der Waals surface area (Å²) in [5.74, 6) is 0.814. The first-order chi connectivity index (χ1) is 14.3. The molecule has 1 heterocycles. The Morgan fingerprint density at radius 3 is 1.90 bits per heavy atom. The number of nitriles is 1. The summed E-state index contributed by atoms with van der Waals surface area (Å²) in [6, 6.07) is 24.9. The van der Waals surface area contributed by atoms with E-state index in [1.165, 1.54) is 0 Å². The molecule has 0 bridgehead atoms. The number of hydrogen-bond donors (Lipinski definition) is 0. The van der Waals surface area contributed by atoms with E-state index in [0.29, 0.717) is 5.56 Å². The number of aromatic nitrogens is 1. The van der Waals surface area contributed by atoms with Crippen LogP contribution in [0.5, 0.6) is 0 Å².